The van der Waals surface area contributed by atoms with Crippen molar-refractivity contribution in [3.8, 4) is 16.9 Å². The highest BCUT2D eigenvalue weighted by Gasteiger charge is 2.69. The number of amides is 1. The summed E-state index contributed by atoms with van der Waals surface area (Å²) >= 11 is 0. The van der Waals surface area contributed by atoms with Crippen molar-refractivity contribution in [3.63, 3.8) is 0 Å². The number of benzene rings is 1. The van der Waals surface area contributed by atoms with Gasteiger partial charge < -0.3 is 30.6 Å². The molecule has 12 nitrogen and oxygen atoms in total. The molecule has 6 rings (SSSR count). The van der Waals surface area contributed by atoms with Gasteiger partial charge in [0.2, 0.25) is 5.91 Å². The van der Waals surface area contributed by atoms with Crippen LogP contribution >= 0.6 is 0 Å². The van der Waals surface area contributed by atoms with E-state index in [0.717, 1.165) is 25.9 Å². The monoisotopic (exact) mass is 592 g/mol. The highest BCUT2D eigenvalue weighted by molar-refractivity contribution is 6.32. The number of phenolic OH excluding ortho intramolecular Hbond substituents is 1. The summed E-state index contributed by atoms with van der Waals surface area (Å²) in [6, 6.07) is 2.44. The van der Waals surface area contributed by atoms with Crippen LogP contribution < -0.4 is 11.1 Å². The highest BCUT2D eigenvalue weighted by atomic mass is 16.3. The fourth-order valence-corrected chi connectivity index (χ4v) is 7.83. The van der Waals surface area contributed by atoms with Crippen LogP contribution in [0, 0.1) is 23.7 Å². The Kier molecular flexibility index (Phi) is 7.06. The summed E-state index contributed by atoms with van der Waals surface area (Å²) in [7, 11) is 5.16. The molecule has 2 aromatic rings. The molecule has 1 aromatic heterocycles. The molecule has 1 saturated heterocycles. The van der Waals surface area contributed by atoms with E-state index in [2.05, 4.69) is 10.2 Å². The maximum Gasteiger partial charge on any atom is 0.235 e. The average Bonchev–Trinajstić information content (AvgIpc) is 3.48. The number of carbonyl (C=O) groups is 5. The molecule has 0 spiro atoms. The van der Waals surface area contributed by atoms with Crippen LogP contribution in [0.3, 0.4) is 0 Å². The number of primary amides is 1. The summed E-state index contributed by atoms with van der Waals surface area (Å²) in [4.78, 5) is 71.2. The zero-order valence-corrected chi connectivity index (χ0v) is 24.3. The third-order valence-electron chi connectivity index (χ3n) is 9.97. The molecule has 6 atom stereocenters. The minimum Gasteiger partial charge on any atom is -0.505 e. The molecule has 0 radical (unpaired) electrons. The molecule has 3 fully saturated rings. The van der Waals surface area contributed by atoms with Crippen LogP contribution in [0.25, 0.3) is 11.1 Å². The first-order chi connectivity index (χ1) is 20.4. The van der Waals surface area contributed by atoms with Gasteiger partial charge in [-0.3, -0.25) is 28.9 Å². The van der Waals surface area contributed by atoms with E-state index in [1.807, 2.05) is 7.05 Å². The zero-order chi connectivity index (χ0) is 31.0. The standard InChI is InChI=1S/C31H36N4O8/c1-34(2)24-19-11-15-10-18-17(14-6-9-43-13-14)12-20(33-16-4-7-35(3)8-5-16)25(36)22(18)26(37)21(15)28(39)31(19,42)29(40)23(27(24)38)30(32)41/h6,9,12-13,15-16,19,21,23-24,33,36,42H,4-5,7-8,10-11H2,1-3H3,(H2,32,41)/t15-,19-,21?,23?,24-,31-/m1/s1. The van der Waals surface area contributed by atoms with Gasteiger partial charge in [0.25, 0.3) is 0 Å². The zero-order valence-electron chi connectivity index (χ0n) is 24.3. The quantitative estimate of drug-likeness (QED) is 0.282. The molecular formula is C31H36N4O8. The Hall–Kier alpha value is -3.87. The first-order valence-corrected chi connectivity index (χ1v) is 14.6. The minimum absolute atomic E-state index is 0.00885. The Balaban J connectivity index is 1.46. The van der Waals surface area contributed by atoms with Crippen LogP contribution in [0.2, 0.25) is 0 Å². The molecule has 228 valence electrons. The summed E-state index contributed by atoms with van der Waals surface area (Å²) in [6.07, 6.45) is 4.87. The molecule has 2 heterocycles. The van der Waals surface area contributed by atoms with Crippen molar-refractivity contribution >= 4 is 34.7 Å². The fourth-order valence-electron chi connectivity index (χ4n) is 7.83. The SMILES string of the molecule is CN1CCC(Nc2cc(-c3ccoc3)c3c(c2O)C(=O)C2C(=O)[C@@]4(O)C(=O)C(C(N)=O)C(=O)[C@H](N(C)C)[C@H]4C[C@H]2C3)CC1. The summed E-state index contributed by atoms with van der Waals surface area (Å²) in [5, 5.41) is 26.7. The number of likely N-dealkylation sites (N-methyl/N-ethyl adjacent to an activating group) is 1. The lowest BCUT2D eigenvalue weighted by atomic mass is 9.52. The van der Waals surface area contributed by atoms with Crippen LogP contribution in [0.5, 0.6) is 5.75 Å². The number of phenols is 1. The number of fused-ring (bicyclic) bond motifs is 3. The van der Waals surface area contributed by atoms with Gasteiger partial charge in [0, 0.05) is 17.5 Å². The minimum atomic E-state index is -2.76. The maximum absolute atomic E-state index is 14.3. The summed E-state index contributed by atoms with van der Waals surface area (Å²) < 4.78 is 5.34. The fraction of sp³-hybridized carbons (Fsp3) is 0.516. The van der Waals surface area contributed by atoms with Crippen molar-refractivity contribution in [2.45, 2.75) is 43.4 Å². The van der Waals surface area contributed by atoms with Crippen molar-refractivity contribution in [2.75, 3.05) is 39.5 Å². The molecule has 3 aliphatic carbocycles. The number of ketones is 4. The normalized spacial score (nSPS) is 31.5. The molecule has 1 aromatic carbocycles. The molecule has 0 bridgehead atoms. The number of anilines is 1. The van der Waals surface area contributed by atoms with E-state index in [-0.39, 0.29) is 30.2 Å². The molecular weight excluding hydrogens is 556 g/mol. The highest BCUT2D eigenvalue weighted by Crippen LogP contribution is 2.53. The van der Waals surface area contributed by atoms with Gasteiger partial charge in [-0.15, -0.1) is 0 Å². The van der Waals surface area contributed by atoms with E-state index in [9.17, 15) is 34.2 Å². The Labute approximate surface area is 248 Å². The third-order valence-corrected chi connectivity index (χ3v) is 9.97. The molecule has 4 aliphatic rings. The largest absolute Gasteiger partial charge is 0.505 e. The van der Waals surface area contributed by atoms with E-state index in [4.69, 9.17) is 10.2 Å². The predicted molar refractivity (Wildman–Crippen MR) is 153 cm³/mol. The first kappa shape index (κ1) is 29.2. The van der Waals surface area contributed by atoms with Crippen LogP contribution in [-0.4, -0.2) is 101 Å². The van der Waals surface area contributed by atoms with E-state index >= 15 is 0 Å². The van der Waals surface area contributed by atoms with E-state index in [1.54, 1.807) is 26.2 Å². The van der Waals surface area contributed by atoms with E-state index in [0.29, 0.717) is 22.4 Å². The van der Waals surface area contributed by atoms with Crippen molar-refractivity contribution in [2.24, 2.45) is 29.4 Å². The Morgan fingerprint density at radius 3 is 2.47 bits per heavy atom. The lowest BCUT2D eigenvalue weighted by Gasteiger charge is -2.52. The number of hydrogen-bond acceptors (Lipinski definition) is 11. The Bertz CT molecular complexity index is 1530. The average molecular weight is 593 g/mol. The number of piperidine rings is 1. The Morgan fingerprint density at radius 1 is 1.16 bits per heavy atom. The number of nitrogens with one attached hydrogen (secondary N) is 1. The number of Topliss-reactive ketones (excluding diaryl/α,β-unsaturated/α-hetero) is 4. The number of aromatic hydroxyl groups is 1. The predicted octanol–water partition coefficient (Wildman–Crippen LogP) is 0.633. The van der Waals surface area contributed by atoms with Crippen LogP contribution in [0.4, 0.5) is 5.69 Å². The molecule has 1 aliphatic heterocycles. The maximum atomic E-state index is 14.3. The van der Waals surface area contributed by atoms with Crippen molar-refractivity contribution in [3.05, 3.63) is 35.8 Å². The van der Waals surface area contributed by atoms with Crippen LogP contribution in [-0.2, 0) is 25.6 Å². The van der Waals surface area contributed by atoms with Crippen LogP contribution in [0.15, 0.2) is 29.1 Å². The number of rotatable bonds is 5. The van der Waals surface area contributed by atoms with Gasteiger partial charge in [-0.2, -0.15) is 0 Å². The molecule has 43 heavy (non-hydrogen) atoms. The van der Waals surface area contributed by atoms with E-state index in [1.165, 1.54) is 17.4 Å². The van der Waals surface area contributed by atoms with Gasteiger partial charge in [-0.1, -0.05) is 0 Å². The topological polar surface area (TPSA) is 183 Å². The van der Waals surface area contributed by atoms with Gasteiger partial charge in [-0.05, 0) is 89.1 Å². The van der Waals surface area contributed by atoms with Gasteiger partial charge >= 0.3 is 0 Å². The second-order valence-electron chi connectivity index (χ2n) is 12.7. The smallest absolute Gasteiger partial charge is 0.235 e. The molecule has 12 heteroatoms. The molecule has 5 N–H and O–H groups in total. The van der Waals surface area contributed by atoms with Crippen molar-refractivity contribution in [1.82, 2.24) is 9.80 Å². The van der Waals surface area contributed by atoms with Crippen molar-refractivity contribution < 1.29 is 38.6 Å². The number of aliphatic hydroxyl groups is 1. The number of carbonyl (C=O) groups excluding carboxylic acids is 5. The van der Waals surface area contributed by atoms with Gasteiger partial charge in [0.05, 0.1) is 35.7 Å². The summed E-state index contributed by atoms with van der Waals surface area (Å²) in [6.45, 7) is 1.73. The number of nitrogens with two attached hydrogens (primary N) is 1. The number of hydrogen-bond donors (Lipinski definition) is 4. The second kappa shape index (κ2) is 10.4. The molecule has 2 saturated carbocycles. The van der Waals surface area contributed by atoms with Gasteiger partial charge in [-0.25, -0.2) is 0 Å². The lowest BCUT2D eigenvalue weighted by Crippen LogP contribution is -2.74. The van der Waals surface area contributed by atoms with Gasteiger partial charge in [0.15, 0.2) is 34.7 Å². The molecule has 2 unspecified atom stereocenters. The number of nitrogens with zero attached hydrogens (tertiary/aromatic N) is 2. The second-order valence-corrected chi connectivity index (χ2v) is 12.7. The first-order valence-electron chi connectivity index (χ1n) is 14.6. The lowest BCUT2D eigenvalue weighted by molar-refractivity contribution is -0.181. The van der Waals surface area contributed by atoms with Crippen LogP contribution in [0.1, 0.15) is 35.2 Å². The Morgan fingerprint density at radius 2 is 1.86 bits per heavy atom. The summed E-state index contributed by atoms with van der Waals surface area (Å²) in [5.41, 5.74) is 4.82. The van der Waals surface area contributed by atoms with E-state index < -0.39 is 64.4 Å². The molecule has 1 amide bonds. The number of furan rings is 1. The third kappa shape index (κ3) is 4.34. The van der Waals surface area contributed by atoms with Crippen molar-refractivity contribution in [1.29, 1.82) is 0 Å². The number of likely N-dealkylation sites (tertiary alicyclic amines) is 1. The van der Waals surface area contributed by atoms with Gasteiger partial charge in [0.1, 0.15) is 5.75 Å². The summed E-state index contributed by atoms with van der Waals surface area (Å²) in [5.74, 6) is -10.7.